The number of halogens is 1. The van der Waals surface area contributed by atoms with Crippen LogP contribution in [0, 0.1) is 0 Å². The van der Waals surface area contributed by atoms with Crippen LogP contribution in [0.5, 0.6) is 0 Å². The molecule has 6 heteroatoms. The molecular weight excluding hydrogens is 310 g/mol. The average Bonchev–Trinajstić information content (AvgIpc) is 2.48. The molecular formula is C13H20BrN3O2. The van der Waals surface area contributed by atoms with E-state index in [-0.39, 0.29) is 5.66 Å². The molecule has 0 spiro atoms. The molecule has 1 aliphatic heterocycles. The summed E-state index contributed by atoms with van der Waals surface area (Å²) in [7, 11) is 5.60. The van der Waals surface area contributed by atoms with Gasteiger partial charge in [-0.05, 0) is 33.3 Å². The molecule has 0 aromatic heterocycles. The quantitative estimate of drug-likeness (QED) is 0.718. The Bertz CT molecular complexity index is 410. The van der Waals surface area contributed by atoms with Crippen LogP contribution in [0.1, 0.15) is 5.56 Å². The van der Waals surface area contributed by atoms with Gasteiger partial charge in [0.05, 0.1) is 13.2 Å². The number of ether oxygens (including phenoxy) is 2. The number of hydrogen-bond donors (Lipinski definition) is 3. The Balaban J connectivity index is 2.20. The molecule has 0 aliphatic carbocycles. The molecule has 106 valence electrons. The van der Waals surface area contributed by atoms with Gasteiger partial charge in [0.15, 0.2) is 0 Å². The molecule has 0 bridgehead atoms. The van der Waals surface area contributed by atoms with Crippen molar-refractivity contribution in [1.82, 2.24) is 16.0 Å². The van der Waals surface area contributed by atoms with E-state index in [4.69, 9.17) is 9.47 Å². The zero-order chi connectivity index (χ0) is 13.9. The maximum Gasteiger partial charge on any atom is 0.255 e. The summed E-state index contributed by atoms with van der Waals surface area (Å²) in [6.45, 7) is 0.994. The highest BCUT2D eigenvalue weighted by Gasteiger charge is 2.44. The lowest BCUT2D eigenvalue weighted by Crippen LogP contribution is -2.67. The molecule has 2 rings (SSSR count). The molecule has 0 radical (unpaired) electrons. The van der Waals surface area contributed by atoms with Crippen molar-refractivity contribution < 1.29 is 9.47 Å². The van der Waals surface area contributed by atoms with Crippen LogP contribution in [-0.2, 0) is 15.4 Å². The molecule has 1 heterocycles. The van der Waals surface area contributed by atoms with Gasteiger partial charge in [-0.1, -0.05) is 28.1 Å². The number of likely N-dealkylation sites (N-methyl/N-ethyl adjacent to an activating group) is 2. The summed E-state index contributed by atoms with van der Waals surface area (Å²) in [4.78, 5) is 0. The van der Waals surface area contributed by atoms with Crippen LogP contribution in [-0.4, -0.2) is 40.0 Å². The Morgan fingerprint density at radius 3 is 1.89 bits per heavy atom. The van der Waals surface area contributed by atoms with Crippen molar-refractivity contribution in [3.8, 4) is 0 Å². The largest absolute Gasteiger partial charge is 0.330 e. The van der Waals surface area contributed by atoms with E-state index in [0.717, 1.165) is 10.0 Å². The minimum Gasteiger partial charge on any atom is -0.330 e. The fourth-order valence-electron chi connectivity index (χ4n) is 2.07. The van der Waals surface area contributed by atoms with E-state index in [2.05, 4.69) is 31.9 Å². The average molecular weight is 330 g/mol. The molecule has 1 aliphatic rings. The molecule has 0 saturated carbocycles. The van der Waals surface area contributed by atoms with Crippen molar-refractivity contribution in [2.45, 2.75) is 11.6 Å². The zero-order valence-electron chi connectivity index (χ0n) is 11.4. The Labute approximate surface area is 122 Å². The summed E-state index contributed by atoms with van der Waals surface area (Å²) in [6, 6.07) is 7.90. The van der Waals surface area contributed by atoms with Crippen LogP contribution < -0.4 is 16.0 Å². The lowest BCUT2D eigenvalue weighted by Gasteiger charge is -2.45. The van der Waals surface area contributed by atoms with Crippen molar-refractivity contribution in [3.05, 3.63) is 34.3 Å². The van der Waals surface area contributed by atoms with Gasteiger partial charge in [-0.25, -0.2) is 0 Å². The van der Waals surface area contributed by atoms with Crippen LogP contribution in [0.2, 0.25) is 0 Å². The number of nitrogens with one attached hydrogen (secondary N) is 3. The normalized spacial score (nSPS) is 21.3. The Morgan fingerprint density at radius 2 is 1.47 bits per heavy atom. The monoisotopic (exact) mass is 329 g/mol. The van der Waals surface area contributed by atoms with Gasteiger partial charge >= 0.3 is 0 Å². The van der Waals surface area contributed by atoms with Crippen molar-refractivity contribution >= 4 is 15.9 Å². The topological polar surface area (TPSA) is 54.5 Å². The fraction of sp³-hybridized carbons (Fsp3) is 0.538. The first-order chi connectivity index (χ1) is 9.10. The highest BCUT2D eigenvalue weighted by molar-refractivity contribution is 9.10. The van der Waals surface area contributed by atoms with Crippen LogP contribution in [0.15, 0.2) is 28.7 Å². The second-order valence-electron chi connectivity index (χ2n) is 4.53. The van der Waals surface area contributed by atoms with Gasteiger partial charge in [0.25, 0.3) is 5.91 Å². The lowest BCUT2D eigenvalue weighted by molar-refractivity contribution is -0.317. The maximum absolute atomic E-state index is 5.96. The summed E-state index contributed by atoms with van der Waals surface area (Å²) < 4.78 is 13.0. The lowest BCUT2D eigenvalue weighted by atomic mass is 10.1. The molecule has 1 aromatic carbocycles. The number of benzene rings is 1. The maximum atomic E-state index is 5.96. The predicted molar refractivity (Wildman–Crippen MR) is 77.6 cm³/mol. The van der Waals surface area contributed by atoms with E-state index in [1.54, 1.807) is 0 Å². The van der Waals surface area contributed by atoms with E-state index in [9.17, 15) is 0 Å². The summed E-state index contributed by atoms with van der Waals surface area (Å²) in [5.41, 5.74) is 0.592. The standard InChI is InChI=1S/C13H20BrN3O2/c1-15-12(16-2)8-18-13(17-3,19-9-12)10-4-6-11(14)7-5-10/h4-7,15-17H,8-9H2,1-3H3. The van der Waals surface area contributed by atoms with Gasteiger partial charge in [-0.15, -0.1) is 0 Å². The van der Waals surface area contributed by atoms with Crippen molar-refractivity contribution in [3.63, 3.8) is 0 Å². The zero-order valence-corrected chi connectivity index (χ0v) is 13.0. The van der Waals surface area contributed by atoms with E-state index >= 15 is 0 Å². The van der Waals surface area contributed by atoms with Crippen molar-refractivity contribution in [2.75, 3.05) is 34.4 Å². The molecule has 1 fully saturated rings. The van der Waals surface area contributed by atoms with Gasteiger partial charge in [0, 0.05) is 10.0 Å². The third-order valence-corrected chi connectivity index (χ3v) is 4.08. The second kappa shape index (κ2) is 5.87. The highest BCUT2D eigenvalue weighted by Crippen LogP contribution is 2.30. The SMILES string of the molecule is CNC1(NC)COC(NC)(c2ccc(Br)cc2)OC1. The molecule has 19 heavy (non-hydrogen) atoms. The van der Waals surface area contributed by atoms with E-state index in [0.29, 0.717) is 13.2 Å². The Morgan fingerprint density at radius 1 is 0.947 bits per heavy atom. The number of rotatable bonds is 4. The summed E-state index contributed by atoms with van der Waals surface area (Å²) in [6.07, 6.45) is 0. The first kappa shape index (κ1) is 14.9. The van der Waals surface area contributed by atoms with Crippen molar-refractivity contribution in [1.29, 1.82) is 0 Å². The highest BCUT2D eigenvalue weighted by atomic mass is 79.9. The van der Waals surface area contributed by atoms with Gasteiger partial charge in [0.2, 0.25) is 0 Å². The molecule has 3 N–H and O–H groups in total. The molecule has 0 atom stereocenters. The van der Waals surface area contributed by atoms with E-state index in [1.165, 1.54) is 0 Å². The molecule has 0 unspecified atom stereocenters. The summed E-state index contributed by atoms with van der Waals surface area (Å²) in [5, 5.41) is 9.51. The predicted octanol–water partition coefficient (Wildman–Crippen LogP) is 0.961. The minimum absolute atomic E-state index is 0.351. The Kier molecular flexibility index (Phi) is 4.60. The Hall–Kier alpha value is -0.500. The van der Waals surface area contributed by atoms with Crippen LogP contribution in [0.25, 0.3) is 0 Å². The molecule has 1 saturated heterocycles. The molecule has 5 nitrogen and oxygen atoms in total. The third kappa shape index (κ3) is 2.84. The van der Waals surface area contributed by atoms with E-state index in [1.807, 2.05) is 45.4 Å². The summed E-state index contributed by atoms with van der Waals surface area (Å²) in [5.74, 6) is -0.891. The van der Waals surface area contributed by atoms with Crippen LogP contribution in [0.3, 0.4) is 0 Å². The van der Waals surface area contributed by atoms with Crippen LogP contribution >= 0.6 is 15.9 Å². The smallest absolute Gasteiger partial charge is 0.255 e. The second-order valence-corrected chi connectivity index (χ2v) is 5.45. The van der Waals surface area contributed by atoms with Gasteiger partial charge in [-0.2, -0.15) is 0 Å². The van der Waals surface area contributed by atoms with Crippen molar-refractivity contribution in [2.24, 2.45) is 0 Å². The minimum atomic E-state index is -0.891. The van der Waals surface area contributed by atoms with Crippen LogP contribution in [0.4, 0.5) is 0 Å². The van der Waals surface area contributed by atoms with Gasteiger partial charge < -0.3 is 9.47 Å². The first-order valence-corrected chi connectivity index (χ1v) is 7.00. The third-order valence-electron chi connectivity index (χ3n) is 3.55. The van der Waals surface area contributed by atoms with Gasteiger partial charge in [-0.3, -0.25) is 16.0 Å². The number of hydrogen-bond acceptors (Lipinski definition) is 5. The fourth-order valence-corrected chi connectivity index (χ4v) is 2.34. The first-order valence-electron chi connectivity index (χ1n) is 6.20. The molecule has 0 amide bonds. The molecule has 1 aromatic rings. The van der Waals surface area contributed by atoms with Gasteiger partial charge in [0.1, 0.15) is 5.66 Å². The van der Waals surface area contributed by atoms with E-state index < -0.39 is 5.91 Å². The summed E-state index contributed by atoms with van der Waals surface area (Å²) >= 11 is 3.43.